The van der Waals surface area contributed by atoms with Crippen molar-refractivity contribution in [1.29, 1.82) is 0 Å². The molecule has 2 aromatic rings. The molecule has 1 saturated carbocycles. The number of hydrogen-bond acceptors (Lipinski definition) is 3. The highest BCUT2D eigenvalue weighted by Crippen LogP contribution is 2.24. The van der Waals surface area contributed by atoms with Crippen LogP contribution in [0.4, 0.5) is 0 Å². The van der Waals surface area contributed by atoms with Crippen LogP contribution in [0.2, 0.25) is 0 Å². The number of hydrogen-bond donors (Lipinski definition) is 2. The van der Waals surface area contributed by atoms with E-state index in [1.165, 1.54) is 0 Å². The van der Waals surface area contributed by atoms with E-state index in [0.717, 1.165) is 42.6 Å². The second kappa shape index (κ2) is 8.37. The van der Waals surface area contributed by atoms with E-state index in [1.54, 1.807) is 12.1 Å². The number of amides is 1. The molecule has 1 amide bonds. The largest absolute Gasteiger partial charge is 0.481 e. The van der Waals surface area contributed by atoms with Gasteiger partial charge in [0.25, 0.3) is 5.91 Å². The number of nitrogens with zero attached hydrogens (tertiary/aromatic N) is 2. The van der Waals surface area contributed by atoms with Crippen molar-refractivity contribution in [2.45, 2.75) is 58.5 Å². The standard InChI is InChI=1S/C21H27N3O3/c1-14-12-15(2)24(23-14)13-16-8-10-17(11-9-16)20(25)22-19-7-5-3-4-6-18(19)21(26)27/h8-12,18-19H,3-7,13H2,1-2H3,(H,22,25)(H,26,27)/t18-,19+/m1/s1. The molecule has 0 aliphatic heterocycles. The molecule has 0 saturated heterocycles. The first kappa shape index (κ1) is 19.1. The Labute approximate surface area is 159 Å². The van der Waals surface area contributed by atoms with Crippen LogP contribution in [0.15, 0.2) is 30.3 Å². The van der Waals surface area contributed by atoms with Gasteiger partial charge in [-0.1, -0.05) is 31.4 Å². The lowest BCUT2D eigenvalue weighted by atomic mass is 9.94. The van der Waals surface area contributed by atoms with Gasteiger partial charge >= 0.3 is 5.97 Å². The predicted octanol–water partition coefficient (Wildman–Crippen LogP) is 3.31. The summed E-state index contributed by atoms with van der Waals surface area (Å²) in [6.07, 6.45) is 4.23. The SMILES string of the molecule is Cc1cc(C)n(Cc2ccc(C(=O)N[C@H]3CCCCC[C@H]3C(=O)O)cc2)n1. The number of aliphatic carboxylic acids is 1. The average molecular weight is 369 g/mol. The fourth-order valence-corrected chi connectivity index (χ4v) is 3.80. The minimum absolute atomic E-state index is 0.203. The van der Waals surface area contributed by atoms with Gasteiger partial charge in [0.1, 0.15) is 0 Å². The van der Waals surface area contributed by atoms with Crippen molar-refractivity contribution in [3.8, 4) is 0 Å². The maximum Gasteiger partial charge on any atom is 0.308 e. The van der Waals surface area contributed by atoms with E-state index >= 15 is 0 Å². The normalized spacial score (nSPS) is 20.1. The first-order valence-corrected chi connectivity index (χ1v) is 9.57. The number of aryl methyl sites for hydroxylation is 2. The second-order valence-corrected chi connectivity index (χ2v) is 7.44. The van der Waals surface area contributed by atoms with Crippen molar-refractivity contribution in [3.05, 3.63) is 52.8 Å². The zero-order valence-corrected chi connectivity index (χ0v) is 15.9. The Kier molecular flexibility index (Phi) is 5.94. The molecule has 3 rings (SSSR count). The van der Waals surface area contributed by atoms with Gasteiger partial charge in [-0.15, -0.1) is 0 Å². The van der Waals surface area contributed by atoms with E-state index in [9.17, 15) is 14.7 Å². The molecule has 1 aromatic carbocycles. The van der Waals surface area contributed by atoms with Crippen LogP contribution in [0.25, 0.3) is 0 Å². The molecule has 0 radical (unpaired) electrons. The van der Waals surface area contributed by atoms with Gasteiger partial charge < -0.3 is 10.4 Å². The summed E-state index contributed by atoms with van der Waals surface area (Å²) in [6.45, 7) is 4.65. The number of carbonyl (C=O) groups excluding carboxylic acids is 1. The van der Waals surface area contributed by atoms with Gasteiger partial charge in [-0.25, -0.2) is 0 Å². The molecular formula is C21H27N3O3. The van der Waals surface area contributed by atoms with Crippen LogP contribution in [0.3, 0.4) is 0 Å². The number of rotatable bonds is 5. The molecule has 6 nitrogen and oxygen atoms in total. The number of aromatic nitrogens is 2. The molecule has 1 aliphatic rings. The van der Waals surface area contributed by atoms with E-state index < -0.39 is 11.9 Å². The Morgan fingerprint density at radius 1 is 1.15 bits per heavy atom. The average Bonchev–Trinajstić information content (AvgIpc) is 2.82. The molecule has 1 aromatic heterocycles. The van der Waals surface area contributed by atoms with Crippen LogP contribution in [-0.2, 0) is 11.3 Å². The third-order valence-electron chi connectivity index (χ3n) is 5.30. The Hall–Kier alpha value is -2.63. The summed E-state index contributed by atoms with van der Waals surface area (Å²) < 4.78 is 1.94. The summed E-state index contributed by atoms with van der Waals surface area (Å²) in [7, 11) is 0. The molecule has 1 heterocycles. The number of carboxylic acid groups (broad SMARTS) is 1. The molecule has 2 N–H and O–H groups in total. The highest BCUT2D eigenvalue weighted by atomic mass is 16.4. The summed E-state index contributed by atoms with van der Waals surface area (Å²) in [5, 5.41) is 16.9. The third kappa shape index (κ3) is 4.76. The van der Waals surface area contributed by atoms with E-state index in [1.807, 2.05) is 36.7 Å². The summed E-state index contributed by atoms with van der Waals surface area (Å²) in [4.78, 5) is 24.1. The molecule has 0 bridgehead atoms. The molecule has 0 unspecified atom stereocenters. The van der Waals surface area contributed by atoms with E-state index in [2.05, 4.69) is 10.4 Å². The molecule has 6 heteroatoms. The van der Waals surface area contributed by atoms with Gasteiger partial charge in [0, 0.05) is 17.3 Å². The van der Waals surface area contributed by atoms with Gasteiger partial charge in [0.2, 0.25) is 0 Å². The lowest BCUT2D eigenvalue weighted by Gasteiger charge is -2.23. The number of nitrogens with one attached hydrogen (secondary N) is 1. The predicted molar refractivity (Wildman–Crippen MR) is 103 cm³/mol. The Morgan fingerprint density at radius 2 is 1.85 bits per heavy atom. The van der Waals surface area contributed by atoms with Crippen LogP contribution < -0.4 is 5.32 Å². The van der Waals surface area contributed by atoms with E-state index in [-0.39, 0.29) is 11.9 Å². The van der Waals surface area contributed by atoms with Crippen LogP contribution in [0.5, 0.6) is 0 Å². The van der Waals surface area contributed by atoms with Gasteiger partial charge in [-0.2, -0.15) is 5.10 Å². The Morgan fingerprint density at radius 3 is 2.48 bits per heavy atom. The van der Waals surface area contributed by atoms with Gasteiger partial charge in [0.05, 0.1) is 18.2 Å². The zero-order chi connectivity index (χ0) is 19.4. The van der Waals surface area contributed by atoms with E-state index in [4.69, 9.17) is 0 Å². The quantitative estimate of drug-likeness (QED) is 0.792. The lowest BCUT2D eigenvalue weighted by molar-refractivity contribution is -0.142. The first-order valence-electron chi connectivity index (χ1n) is 9.57. The summed E-state index contributed by atoms with van der Waals surface area (Å²) in [6, 6.07) is 9.17. The highest BCUT2D eigenvalue weighted by molar-refractivity contribution is 5.94. The van der Waals surface area contributed by atoms with Crippen LogP contribution >= 0.6 is 0 Å². The van der Waals surface area contributed by atoms with Crippen molar-refractivity contribution in [2.75, 3.05) is 0 Å². The Balaban J connectivity index is 1.66. The molecular weight excluding hydrogens is 342 g/mol. The number of benzene rings is 1. The fourth-order valence-electron chi connectivity index (χ4n) is 3.80. The minimum Gasteiger partial charge on any atom is -0.481 e. The second-order valence-electron chi connectivity index (χ2n) is 7.44. The molecule has 1 aliphatic carbocycles. The maximum absolute atomic E-state index is 12.6. The number of carbonyl (C=O) groups is 2. The number of carboxylic acids is 1. The molecule has 0 spiro atoms. The van der Waals surface area contributed by atoms with Crippen molar-refractivity contribution in [1.82, 2.24) is 15.1 Å². The van der Waals surface area contributed by atoms with Gasteiger partial charge in [-0.3, -0.25) is 14.3 Å². The van der Waals surface area contributed by atoms with E-state index in [0.29, 0.717) is 18.5 Å². The lowest BCUT2D eigenvalue weighted by Crippen LogP contribution is -2.42. The molecule has 144 valence electrons. The van der Waals surface area contributed by atoms with Gasteiger partial charge in [-0.05, 0) is 50.5 Å². The zero-order valence-electron chi connectivity index (χ0n) is 15.9. The molecule has 1 fully saturated rings. The highest BCUT2D eigenvalue weighted by Gasteiger charge is 2.30. The Bertz CT molecular complexity index is 811. The smallest absolute Gasteiger partial charge is 0.308 e. The van der Waals surface area contributed by atoms with Crippen molar-refractivity contribution in [3.63, 3.8) is 0 Å². The fraction of sp³-hybridized carbons (Fsp3) is 0.476. The van der Waals surface area contributed by atoms with Crippen LogP contribution in [0.1, 0.15) is 59.4 Å². The first-order chi connectivity index (χ1) is 12.9. The van der Waals surface area contributed by atoms with Crippen molar-refractivity contribution < 1.29 is 14.7 Å². The molecule has 27 heavy (non-hydrogen) atoms. The van der Waals surface area contributed by atoms with Crippen molar-refractivity contribution in [2.24, 2.45) is 5.92 Å². The molecule has 2 atom stereocenters. The van der Waals surface area contributed by atoms with Crippen molar-refractivity contribution >= 4 is 11.9 Å². The van der Waals surface area contributed by atoms with Crippen LogP contribution in [0, 0.1) is 19.8 Å². The third-order valence-corrected chi connectivity index (χ3v) is 5.30. The maximum atomic E-state index is 12.6. The summed E-state index contributed by atoms with van der Waals surface area (Å²) in [5.41, 5.74) is 3.71. The topological polar surface area (TPSA) is 84.2 Å². The summed E-state index contributed by atoms with van der Waals surface area (Å²) in [5.74, 6) is -1.52. The summed E-state index contributed by atoms with van der Waals surface area (Å²) >= 11 is 0. The van der Waals surface area contributed by atoms with Gasteiger partial charge in [0.15, 0.2) is 0 Å². The monoisotopic (exact) mass is 369 g/mol. The van der Waals surface area contributed by atoms with Crippen LogP contribution in [-0.4, -0.2) is 32.8 Å². The minimum atomic E-state index is -0.817.